The van der Waals surface area contributed by atoms with Gasteiger partial charge in [0.2, 0.25) is 0 Å². The van der Waals surface area contributed by atoms with E-state index < -0.39 is 0 Å². The Labute approximate surface area is 88.2 Å². The third-order valence-electron chi connectivity index (χ3n) is 2.01. The van der Waals surface area contributed by atoms with Gasteiger partial charge in [0.1, 0.15) is 5.75 Å². The lowest BCUT2D eigenvalue weighted by molar-refractivity contribution is 0.337. The van der Waals surface area contributed by atoms with Crippen LogP contribution < -0.4 is 4.74 Å². The van der Waals surface area contributed by atoms with Crippen LogP contribution in [0.25, 0.3) is 0 Å². The van der Waals surface area contributed by atoms with Crippen molar-refractivity contribution < 1.29 is 4.74 Å². The van der Waals surface area contributed by atoms with Crippen LogP contribution in [0.4, 0.5) is 0 Å². The molecule has 0 heterocycles. The third-order valence-corrected chi connectivity index (χ3v) is 2.57. The number of aryl methyl sites for hydroxylation is 2. The van der Waals surface area contributed by atoms with Gasteiger partial charge in [-0.3, -0.25) is 0 Å². The van der Waals surface area contributed by atoms with Crippen LogP contribution in [0.2, 0.25) is 0 Å². The summed E-state index contributed by atoms with van der Waals surface area (Å²) < 4.78 is 5.56. The second kappa shape index (κ2) is 4.66. The van der Waals surface area contributed by atoms with Crippen molar-refractivity contribution in [3.8, 4) is 5.75 Å². The summed E-state index contributed by atoms with van der Waals surface area (Å²) in [5.41, 5.74) is 3.80. The number of hydrogen-bond acceptors (Lipinski definition) is 1. The highest BCUT2D eigenvalue weighted by Gasteiger charge is 2.05. The predicted molar refractivity (Wildman–Crippen MR) is 59.7 cm³/mol. The fourth-order valence-corrected chi connectivity index (χ4v) is 2.13. The molecule has 0 saturated carbocycles. The molecule has 0 aromatic heterocycles. The molecule has 0 spiro atoms. The number of halogens is 1. The van der Waals surface area contributed by atoms with E-state index in [1.807, 2.05) is 6.92 Å². The minimum atomic E-state index is 0.725. The van der Waals surface area contributed by atoms with E-state index in [1.54, 1.807) is 0 Å². The quantitative estimate of drug-likeness (QED) is 0.737. The van der Waals surface area contributed by atoms with Crippen LogP contribution in [-0.4, -0.2) is 6.61 Å². The zero-order valence-electron chi connectivity index (χ0n) is 8.36. The van der Waals surface area contributed by atoms with Crippen molar-refractivity contribution in [2.45, 2.75) is 26.1 Å². The van der Waals surface area contributed by atoms with Crippen molar-refractivity contribution in [1.82, 2.24) is 0 Å². The van der Waals surface area contributed by atoms with Crippen LogP contribution >= 0.6 is 15.9 Å². The Hall–Kier alpha value is -0.500. The second-order valence-electron chi connectivity index (χ2n) is 3.13. The average molecular weight is 243 g/mol. The highest BCUT2D eigenvalue weighted by Crippen LogP contribution is 2.26. The molecule has 0 aliphatic rings. The molecule has 1 aromatic rings. The Balaban J connectivity index is 3.13. The molecule has 1 nitrogen and oxygen atoms in total. The molecule has 0 amide bonds. The Morgan fingerprint density at radius 3 is 2.54 bits per heavy atom. The van der Waals surface area contributed by atoms with Gasteiger partial charge in [0.25, 0.3) is 0 Å². The van der Waals surface area contributed by atoms with Gasteiger partial charge in [-0.15, -0.1) is 0 Å². The summed E-state index contributed by atoms with van der Waals surface area (Å²) in [4.78, 5) is 0. The highest BCUT2D eigenvalue weighted by molar-refractivity contribution is 9.08. The van der Waals surface area contributed by atoms with Gasteiger partial charge in [-0.2, -0.15) is 0 Å². The molecule has 0 atom stereocenters. The average Bonchev–Trinajstić information content (AvgIpc) is 2.04. The molecule has 1 rings (SSSR count). The minimum Gasteiger partial charge on any atom is -0.494 e. The zero-order valence-corrected chi connectivity index (χ0v) is 9.94. The van der Waals surface area contributed by atoms with Crippen LogP contribution in [0.5, 0.6) is 5.75 Å². The summed E-state index contributed by atoms with van der Waals surface area (Å²) >= 11 is 3.47. The summed E-state index contributed by atoms with van der Waals surface area (Å²) in [5.74, 6) is 1.01. The van der Waals surface area contributed by atoms with E-state index in [2.05, 4.69) is 41.9 Å². The first-order chi connectivity index (χ1) is 6.19. The minimum absolute atomic E-state index is 0.725. The maximum atomic E-state index is 5.56. The molecule has 0 fully saturated rings. The molecule has 0 bridgehead atoms. The number of rotatable bonds is 3. The van der Waals surface area contributed by atoms with E-state index in [1.165, 1.54) is 16.7 Å². The highest BCUT2D eigenvalue weighted by atomic mass is 79.9. The van der Waals surface area contributed by atoms with Gasteiger partial charge in [-0.05, 0) is 38.0 Å². The van der Waals surface area contributed by atoms with Gasteiger partial charge in [0, 0.05) is 10.9 Å². The molecule has 1 aromatic carbocycles. The summed E-state index contributed by atoms with van der Waals surface area (Å²) in [6, 6.07) is 4.27. The first kappa shape index (κ1) is 10.6. The summed E-state index contributed by atoms with van der Waals surface area (Å²) in [6.07, 6.45) is 0. The summed E-state index contributed by atoms with van der Waals surface area (Å²) in [5, 5.41) is 0.856. The molecule has 0 N–H and O–H groups in total. The zero-order chi connectivity index (χ0) is 9.84. The molecule has 13 heavy (non-hydrogen) atoms. The van der Waals surface area contributed by atoms with Gasteiger partial charge in [-0.25, -0.2) is 0 Å². The van der Waals surface area contributed by atoms with E-state index in [4.69, 9.17) is 4.74 Å². The molecule has 2 heteroatoms. The molecular weight excluding hydrogens is 228 g/mol. The van der Waals surface area contributed by atoms with Crippen molar-refractivity contribution in [2.75, 3.05) is 6.61 Å². The standard InChI is InChI=1S/C11H15BrO/c1-4-13-11-6-8(2)5-9(3)10(11)7-12/h5-6H,4,7H2,1-3H3. The number of hydrogen-bond donors (Lipinski definition) is 0. The fraction of sp³-hybridized carbons (Fsp3) is 0.455. The largest absolute Gasteiger partial charge is 0.494 e. The molecule has 0 saturated heterocycles. The number of ether oxygens (including phenoxy) is 1. The lowest BCUT2D eigenvalue weighted by Gasteiger charge is -2.11. The Bertz CT molecular complexity index is 294. The van der Waals surface area contributed by atoms with Crippen LogP contribution in [0.15, 0.2) is 12.1 Å². The van der Waals surface area contributed by atoms with Crippen molar-refractivity contribution >= 4 is 15.9 Å². The maximum Gasteiger partial charge on any atom is 0.123 e. The van der Waals surface area contributed by atoms with Crippen LogP contribution in [0.3, 0.4) is 0 Å². The Kier molecular flexibility index (Phi) is 3.79. The Morgan fingerprint density at radius 1 is 1.31 bits per heavy atom. The van der Waals surface area contributed by atoms with Crippen molar-refractivity contribution in [3.05, 3.63) is 28.8 Å². The smallest absolute Gasteiger partial charge is 0.123 e. The van der Waals surface area contributed by atoms with E-state index in [-0.39, 0.29) is 0 Å². The van der Waals surface area contributed by atoms with Crippen LogP contribution in [0.1, 0.15) is 23.6 Å². The molecule has 0 aliphatic heterocycles. The number of benzene rings is 1. The molecule has 0 aliphatic carbocycles. The topological polar surface area (TPSA) is 9.23 Å². The monoisotopic (exact) mass is 242 g/mol. The molecule has 0 radical (unpaired) electrons. The predicted octanol–water partition coefficient (Wildman–Crippen LogP) is 3.60. The van der Waals surface area contributed by atoms with Crippen molar-refractivity contribution in [1.29, 1.82) is 0 Å². The Morgan fingerprint density at radius 2 is 2.00 bits per heavy atom. The van der Waals surface area contributed by atoms with Gasteiger partial charge in [0.15, 0.2) is 0 Å². The van der Waals surface area contributed by atoms with E-state index in [0.717, 1.165) is 17.7 Å². The van der Waals surface area contributed by atoms with Crippen molar-refractivity contribution in [2.24, 2.45) is 0 Å². The van der Waals surface area contributed by atoms with Crippen LogP contribution in [0, 0.1) is 13.8 Å². The first-order valence-corrected chi connectivity index (χ1v) is 5.60. The molecule has 72 valence electrons. The fourth-order valence-electron chi connectivity index (χ4n) is 1.41. The third kappa shape index (κ3) is 2.47. The summed E-state index contributed by atoms with van der Waals surface area (Å²) in [7, 11) is 0. The maximum absolute atomic E-state index is 5.56. The number of alkyl halides is 1. The van der Waals surface area contributed by atoms with Gasteiger partial charge >= 0.3 is 0 Å². The van der Waals surface area contributed by atoms with E-state index in [9.17, 15) is 0 Å². The van der Waals surface area contributed by atoms with Gasteiger partial charge in [0.05, 0.1) is 6.61 Å². The second-order valence-corrected chi connectivity index (χ2v) is 3.69. The summed E-state index contributed by atoms with van der Waals surface area (Å²) in [6.45, 7) is 6.94. The van der Waals surface area contributed by atoms with Crippen LogP contribution in [-0.2, 0) is 5.33 Å². The lowest BCUT2D eigenvalue weighted by atomic mass is 10.1. The normalized spacial score (nSPS) is 10.2. The van der Waals surface area contributed by atoms with E-state index >= 15 is 0 Å². The lowest BCUT2D eigenvalue weighted by Crippen LogP contribution is -1.98. The first-order valence-electron chi connectivity index (χ1n) is 4.48. The SMILES string of the molecule is CCOc1cc(C)cc(C)c1CBr. The van der Waals surface area contributed by atoms with Gasteiger partial charge < -0.3 is 4.74 Å². The van der Waals surface area contributed by atoms with Crippen molar-refractivity contribution in [3.63, 3.8) is 0 Å². The molecule has 0 unspecified atom stereocenters. The van der Waals surface area contributed by atoms with E-state index in [0.29, 0.717) is 0 Å². The molecular formula is C11H15BrO. The van der Waals surface area contributed by atoms with Gasteiger partial charge in [-0.1, -0.05) is 22.0 Å².